The summed E-state index contributed by atoms with van der Waals surface area (Å²) in [7, 11) is 1.50. The van der Waals surface area contributed by atoms with Crippen molar-refractivity contribution < 1.29 is 23.4 Å². The van der Waals surface area contributed by atoms with Gasteiger partial charge in [-0.3, -0.25) is 5.32 Å². The van der Waals surface area contributed by atoms with Gasteiger partial charge in [-0.15, -0.1) is 11.3 Å². The molecule has 6 nitrogen and oxygen atoms in total. The number of ether oxygens (including phenoxy) is 3. The summed E-state index contributed by atoms with van der Waals surface area (Å²) in [5.74, 6) is 0.688. The van der Waals surface area contributed by atoms with Crippen molar-refractivity contribution in [3.8, 4) is 11.5 Å². The van der Waals surface area contributed by atoms with Gasteiger partial charge in [0, 0.05) is 12.1 Å². The molecule has 0 radical (unpaired) electrons. The fourth-order valence-electron chi connectivity index (χ4n) is 2.30. The van der Waals surface area contributed by atoms with Crippen LogP contribution >= 0.6 is 11.3 Å². The van der Waals surface area contributed by atoms with E-state index in [1.165, 1.54) is 30.6 Å². The first-order valence-electron chi connectivity index (χ1n) is 7.88. The molecule has 1 heterocycles. The zero-order valence-electron chi connectivity index (χ0n) is 14.2. The molecule has 0 saturated carbocycles. The van der Waals surface area contributed by atoms with Crippen molar-refractivity contribution in [1.29, 1.82) is 0 Å². The van der Waals surface area contributed by atoms with Gasteiger partial charge in [-0.1, -0.05) is 0 Å². The molecule has 0 atom stereocenters. The number of methoxy groups -OCH3 is 1. The van der Waals surface area contributed by atoms with Crippen LogP contribution in [0, 0.1) is 5.82 Å². The van der Waals surface area contributed by atoms with E-state index < -0.39 is 6.09 Å². The molecule has 0 unspecified atom stereocenters. The largest absolute Gasteiger partial charge is 0.494 e. The Hall–Kier alpha value is -2.87. The highest BCUT2D eigenvalue weighted by Gasteiger charge is 2.11. The van der Waals surface area contributed by atoms with E-state index in [1.807, 2.05) is 0 Å². The minimum Gasteiger partial charge on any atom is -0.494 e. The number of rotatable bonds is 6. The van der Waals surface area contributed by atoms with Gasteiger partial charge in [-0.25, -0.2) is 14.2 Å². The zero-order chi connectivity index (χ0) is 18.5. The molecule has 0 aliphatic heterocycles. The second-order valence-corrected chi connectivity index (χ2v) is 6.33. The maximum atomic E-state index is 13.2. The van der Waals surface area contributed by atoms with Crippen LogP contribution in [0.25, 0.3) is 10.2 Å². The van der Waals surface area contributed by atoms with E-state index in [2.05, 4.69) is 10.3 Å². The van der Waals surface area contributed by atoms with Gasteiger partial charge in [0.05, 0.1) is 29.6 Å². The third-order valence-corrected chi connectivity index (χ3v) is 4.45. The second-order valence-electron chi connectivity index (χ2n) is 5.22. The van der Waals surface area contributed by atoms with Crippen LogP contribution in [-0.2, 0) is 11.3 Å². The van der Waals surface area contributed by atoms with Crippen molar-refractivity contribution in [2.24, 2.45) is 0 Å². The van der Waals surface area contributed by atoms with Crippen LogP contribution in [0.15, 0.2) is 36.4 Å². The highest BCUT2D eigenvalue weighted by atomic mass is 32.1. The average molecular weight is 376 g/mol. The van der Waals surface area contributed by atoms with Crippen molar-refractivity contribution in [2.45, 2.75) is 13.5 Å². The number of nitrogens with one attached hydrogen (secondary N) is 1. The van der Waals surface area contributed by atoms with E-state index >= 15 is 0 Å². The van der Waals surface area contributed by atoms with Gasteiger partial charge in [-0.2, -0.15) is 0 Å². The summed E-state index contributed by atoms with van der Waals surface area (Å²) >= 11 is 1.44. The minimum atomic E-state index is -0.554. The Morgan fingerprint density at radius 1 is 1.27 bits per heavy atom. The topological polar surface area (TPSA) is 69.7 Å². The summed E-state index contributed by atoms with van der Waals surface area (Å²) in [5.41, 5.74) is 1.09. The molecule has 3 rings (SSSR count). The van der Waals surface area contributed by atoms with E-state index in [9.17, 15) is 9.18 Å². The number of nitrogens with zero attached hydrogens (tertiary/aromatic N) is 1. The van der Waals surface area contributed by atoms with E-state index in [-0.39, 0.29) is 19.0 Å². The van der Waals surface area contributed by atoms with Crippen LogP contribution < -0.4 is 14.8 Å². The Morgan fingerprint density at radius 2 is 2.12 bits per heavy atom. The number of fused-ring (bicyclic) bond motifs is 1. The number of anilines is 1. The summed E-state index contributed by atoms with van der Waals surface area (Å²) in [6.45, 7) is 2.25. The third-order valence-electron chi connectivity index (χ3n) is 3.44. The molecule has 1 N–H and O–H groups in total. The minimum absolute atomic E-state index is 0.245. The SMILES string of the molecule is CCOC(=O)Nc1ccc(OCc2nc3cc(F)ccc3s2)cc1OC. The molecule has 8 heteroatoms. The first-order valence-corrected chi connectivity index (χ1v) is 8.70. The van der Waals surface area contributed by atoms with Gasteiger partial charge in [0.15, 0.2) is 0 Å². The highest BCUT2D eigenvalue weighted by Crippen LogP contribution is 2.30. The van der Waals surface area contributed by atoms with Crippen molar-refractivity contribution in [1.82, 2.24) is 4.98 Å². The monoisotopic (exact) mass is 376 g/mol. The number of hydrogen-bond donors (Lipinski definition) is 1. The molecular formula is C18H17FN2O4S. The molecule has 0 fully saturated rings. The predicted molar refractivity (Wildman–Crippen MR) is 97.5 cm³/mol. The van der Waals surface area contributed by atoms with Gasteiger partial charge in [0.25, 0.3) is 0 Å². The van der Waals surface area contributed by atoms with Gasteiger partial charge in [0.2, 0.25) is 0 Å². The van der Waals surface area contributed by atoms with Crippen LogP contribution in [0.3, 0.4) is 0 Å². The van der Waals surface area contributed by atoms with Crippen molar-refractivity contribution in [3.63, 3.8) is 0 Å². The molecule has 0 saturated heterocycles. The Kier molecular flexibility index (Phi) is 5.52. The second kappa shape index (κ2) is 8.01. The lowest BCUT2D eigenvalue weighted by atomic mass is 10.2. The van der Waals surface area contributed by atoms with Crippen LogP contribution in [0.2, 0.25) is 0 Å². The number of carbonyl (C=O) groups excluding carboxylic acids is 1. The molecule has 0 spiro atoms. The van der Waals surface area contributed by atoms with E-state index in [0.717, 1.165) is 9.71 Å². The average Bonchev–Trinajstić information content (AvgIpc) is 3.03. The Morgan fingerprint density at radius 3 is 2.88 bits per heavy atom. The van der Waals surface area contributed by atoms with Gasteiger partial charge < -0.3 is 14.2 Å². The van der Waals surface area contributed by atoms with Crippen molar-refractivity contribution in [2.75, 3.05) is 19.0 Å². The number of aromatic nitrogens is 1. The number of amides is 1. The standard InChI is InChI=1S/C18H17FN2O4S/c1-3-24-18(22)21-13-6-5-12(9-15(13)23-2)25-10-17-20-14-8-11(19)4-7-16(14)26-17/h4-9H,3,10H2,1-2H3,(H,21,22). The zero-order valence-corrected chi connectivity index (χ0v) is 15.1. The fraction of sp³-hybridized carbons (Fsp3) is 0.222. The quantitative estimate of drug-likeness (QED) is 0.681. The molecular weight excluding hydrogens is 359 g/mol. The summed E-state index contributed by atoms with van der Waals surface area (Å²) in [5, 5.41) is 3.33. The maximum Gasteiger partial charge on any atom is 0.411 e. The Bertz CT molecular complexity index is 929. The summed E-state index contributed by atoms with van der Waals surface area (Å²) in [6, 6.07) is 9.54. The lowest BCUT2D eigenvalue weighted by molar-refractivity contribution is 0.168. The van der Waals surface area contributed by atoms with Crippen LogP contribution in [0.4, 0.5) is 14.9 Å². The maximum absolute atomic E-state index is 13.2. The molecule has 136 valence electrons. The number of carbonyl (C=O) groups is 1. The number of hydrogen-bond acceptors (Lipinski definition) is 6. The fourth-order valence-corrected chi connectivity index (χ4v) is 3.16. The Labute approximate surface area is 153 Å². The highest BCUT2D eigenvalue weighted by molar-refractivity contribution is 7.18. The molecule has 0 bridgehead atoms. The predicted octanol–water partition coefficient (Wildman–Crippen LogP) is 4.59. The molecule has 1 aromatic heterocycles. The smallest absolute Gasteiger partial charge is 0.411 e. The van der Waals surface area contributed by atoms with Crippen LogP contribution in [0.5, 0.6) is 11.5 Å². The summed E-state index contributed by atoms with van der Waals surface area (Å²) < 4.78 is 30.0. The molecule has 3 aromatic rings. The van der Waals surface area contributed by atoms with Gasteiger partial charge in [-0.05, 0) is 31.2 Å². The summed E-state index contributed by atoms with van der Waals surface area (Å²) in [4.78, 5) is 15.9. The first kappa shape index (κ1) is 17.9. The molecule has 26 heavy (non-hydrogen) atoms. The molecule has 2 aromatic carbocycles. The number of benzene rings is 2. The molecule has 0 aliphatic carbocycles. The lowest BCUT2D eigenvalue weighted by Gasteiger charge is -2.12. The number of thiazole rings is 1. The van der Waals surface area contributed by atoms with Crippen molar-refractivity contribution >= 4 is 33.3 Å². The van der Waals surface area contributed by atoms with E-state index in [4.69, 9.17) is 14.2 Å². The molecule has 1 amide bonds. The lowest BCUT2D eigenvalue weighted by Crippen LogP contribution is -2.13. The van der Waals surface area contributed by atoms with E-state index in [1.54, 1.807) is 31.2 Å². The summed E-state index contributed by atoms with van der Waals surface area (Å²) in [6.07, 6.45) is -0.554. The van der Waals surface area contributed by atoms with Gasteiger partial charge in [0.1, 0.15) is 28.9 Å². The number of halogens is 1. The first-order chi connectivity index (χ1) is 12.6. The van der Waals surface area contributed by atoms with Crippen LogP contribution in [0.1, 0.15) is 11.9 Å². The third kappa shape index (κ3) is 4.20. The van der Waals surface area contributed by atoms with Crippen molar-refractivity contribution in [3.05, 3.63) is 47.2 Å². The van der Waals surface area contributed by atoms with Crippen LogP contribution in [-0.4, -0.2) is 24.8 Å². The molecule has 0 aliphatic rings. The normalized spacial score (nSPS) is 10.6. The van der Waals surface area contributed by atoms with E-state index in [0.29, 0.717) is 22.7 Å². The Balaban J connectivity index is 1.69. The van der Waals surface area contributed by atoms with Gasteiger partial charge >= 0.3 is 6.09 Å².